The SMILES string of the molecule is Cc1cc(C(=O)NCC2CCCO2)nc(N2CCN(c3ccccc3)CC2)n1. The summed E-state index contributed by atoms with van der Waals surface area (Å²) in [6.45, 7) is 6.69. The van der Waals surface area contributed by atoms with Crippen molar-refractivity contribution in [3.8, 4) is 0 Å². The predicted octanol–water partition coefficient (Wildman–Crippen LogP) is 2.02. The van der Waals surface area contributed by atoms with Crippen molar-refractivity contribution in [2.24, 2.45) is 0 Å². The van der Waals surface area contributed by atoms with Crippen LogP contribution >= 0.6 is 0 Å². The van der Waals surface area contributed by atoms with Gasteiger partial charge in [0.15, 0.2) is 0 Å². The molecule has 0 bridgehead atoms. The van der Waals surface area contributed by atoms with Gasteiger partial charge in [0, 0.05) is 50.7 Å². The molecule has 2 fully saturated rings. The molecule has 1 N–H and O–H groups in total. The van der Waals surface area contributed by atoms with Crippen LogP contribution in [0.3, 0.4) is 0 Å². The highest BCUT2D eigenvalue weighted by Gasteiger charge is 2.22. The highest BCUT2D eigenvalue weighted by atomic mass is 16.5. The highest BCUT2D eigenvalue weighted by Crippen LogP contribution is 2.19. The van der Waals surface area contributed by atoms with Crippen molar-refractivity contribution in [3.05, 3.63) is 47.8 Å². The van der Waals surface area contributed by atoms with Gasteiger partial charge in [-0.05, 0) is 38.0 Å². The number of para-hydroxylation sites is 1. The number of nitrogens with one attached hydrogen (secondary N) is 1. The zero-order valence-corrected chi connectivity index (χ0v) is 16.3. The van der Waals surface area contributed by atoms with Crippen LogP contribution in [0.2, 0.25) is 0 Å². The van der Waals surface area contributed by atoms with Gasteiger partial charge in [0.1, 0.15) is 5.69 Å². The average molecular weight is 381 g/mol. The first-order valence-corrected chi connectivity index (χ1v) is 9.99. The lowest BCUT2D eigenvalue weighted by Gasteiger charge is -2.36. The van der Waals surface area contributed by atoms with Crippen molar-refractivity contribution < 1.29 is 9.53 Å². The summed E-state index contributed by atoms with van der Waals surface area (Å²) in [5.41, 5.74) is 2.46. The van der Waals surface area contributed by atoms with E-state index in [1.54, 1.807) is 6.07 Å². The minimum Gasteiger partial charge on any atom is -0.376 e. The number of carbonyl (C=O) groups excluding carboxylic acids is 1. The second-order valence-corrected chi connectivity index (χ2v) is 7.35. The molecule has 0 saturated carbocycles. The topological polar surface area (TPSA) is 70.6 Å². The monoisotopic (exact) mass is 381 g/mol. The highest BCUT2D eigenvalue weighted by molar-refractivity contribution is 5.92. The van der Waals surface area contributed by atoms with E-state index in [2.05, 4.69) is 49.4 Å². The number of aryl methyl sites for hydroxylation is 1. The summed E-state index contributed by atoms with van der Waals surface area (Å²) >= 11 is 0. The molecule has 28 heavy (non-hydrogen) atoms. The molecular weight excluding hydrogens is 354 g/mol. The van der Waals surface area contributed by atoms with E-state index in [0.29, 0.717) is 18.2 Å². The Morgan fingerprint density at radius 1 is 1.14 bits per heavy atom. The largest absolute Gasteiger partial charge is 0.376 e. The molecule has 2 aliphatic heterocycles. The number of hydrogen-bond acceptors (Lipinski definition) is 6. The number of rotatable bonds is 5. The first kappa shape index (κ1) is 18.7. The number of aromatic nitrogens is 2. The van der Waals surface area contributed by atoms with Gasteiger partial charge in [0.2, 0.25) is 5.95 Å². The van der Waals surface area contributed by atoms with Crippen LogP contribution in [0.4, 0.5) is 11.6 Å². The zero-order chi connectivity index (χ0) is 19.3. The maximum absolute atomic E-state index is 12.5. The van der Waals surface area contributed by atoms with Gasteiger partial charge in [-0.2, -0.15) is 0 Å². The van der Waals surface area contributed by atoms with Gasteiger partial charge in [0.25, 0.3) is 5.91 Å². The maximum atomic E-state index is 12.5. The van der Waals surface area contributed by atoms with Crippen molar-refractivity contribution >= 4 is 17.5 Å². The molecule has 2 aromatic rings. The Bertz CT molecular complexity index is 800. The average Bonchev–Trinajstić information content (AvgIpc) is 3.26. The summed E-state index contributed by atoms with van der Waals surface area (Å²) < 4.78 is 5.57. The summed E-state index contributed by atoms with van der Waals surface area (Å²) in [5, 5.41) is 2.95. The minimum absolute atomic E-state index is 0.123. The van der Waals surface area contributed by atoms with Gasteiger partial charge >= 0.3 is 0 Å². The molecule has 148 valence electrons. The van der Waals surface area contributed by atoms with Crippen molar-refractivity contribution in [2.75, 3.05) is 49.1 Å². The number of nitrogens with zero attached hydrogens (tertiary/aromatic N) is 4. The van der Waals surface area contributed by atoms with Crippen LogP contribution in [0.1, 0.15) is 29.0 Å². The van der Waals surface area contributed by atoms with Crippen LogP contribution < -0.4 is 15.1 Å². The predicted molar refractivity (Wildman–Crippen MR) is 109 cm³/mol. The van der Waals surface area contributed by atoms with Crippen LogP contribution in [-0.2, 0) is 4.74 Å². The van der Waals surface area contributed by atoms with Gasteiger partial charge in [-0.1, -0.05) is 18.2 Å². The van der Waals surface area contributed by atoms with E-state index in [4.69, 9.17) is 4.74 Å². The molecular formula is C21H27N5O2. The third-order valence-electron chi connectivity index (χ3n) is 5.27. The van der Waals surface area contributed by atoms with Crippen molar-refractivity contribution in [1.82, 2.24) is 15.3 Å². The first-order valence-electron chi connectivity index (χ1n) is 9.99. The van der Waals surface area contributed by atoms with Crippen LogP contribution in [0.15, 0.2) is 36.4 Å². The number of ether oxygens (including phenoxy) is 1. The maximum Gasteiger partial charge on any atom is 0.270 e. The van der Waals surface area contributed by atoms with Gasteiger partial charge in [-0.3, -0.25) is 4.79 Å². The number of amides is 1. The number of benzene rings is 1. The lowest BCUT2D eigenvalue weighted by molar-refractivity contribution is 0.0853. The Hall–Kier alpha value is -2.67. The molecule has 1 atom stereocenters. The number of anilines is 2. The minimum atomic E-state index is -0.162. The van der Waals surface area contributed by atoms with Crippen LogP contribution in [-0.4, -0.2) is 61.3 Å². The van der Waals surface area contributed by atoms with Gasteiger partial charge < -0.3 is 19.9 Å². The zero-order valence-electron chi connectivity index (χ0n) is 16.3. The molecule has 1 aromatic carbocycles. The summed E-state index contributed by atoms with van der Waals surface area (Å²) in [5.74, 6) is 0.472. The van der Waals surface area contributed by atoms with Crippen LogP contribution in [0.5, 0.6) is 0 Å². The van der Waals surface area contributed by atoms with E-state index in [-0.39, 0.29) is 12.0 Å². The molecule has 3 heterocycles. The van der Waals surface area contributed by atoms with Gasteiger partial charge in [-0.15, -0.1) is 0 Å². The fourth-order valence-electron chi connectivity index (χ4n) is 3.72. The third kappa shape index (κ3) is 4.42. The molecule has 2 aliphatic rings. The summed E-state index contributed by atoms with van der Waals surface area (Å²) in [6, 6.07) is 12.2. The Kier molecular flexibility index (Phi) is 5.71. The van der Waals surface area contributed by atoms with E-state index < -0.39 is 0 Å². The van der Waals surface area contributed by atoms with Gasteiger partial charge in [0.05, 0.1) is 6.10 Å². The molecule has 0 aliphatic carbocycles. The fourth-order valence-corrected chi connectivity index (χ4v) is 3.72. The lowest BCUT2D eigenvalue weighted by atomic mass is 10.2. The van der Waals surface area contributed by atoms with Crippen molar-refractivity contribution in [3.63, 3.8) is 0 Å². The van der Waals surface area contributed by atoms with Crippen LogP contribution in [0, 0.1) is 6.92 Å². The van der Waals surface area contributed by atoms with Gasteiger partial charge in [-0.25, -0.2) is 9.97 Å². The molecule has 0 spiro atoms. The molecule has 4 rings (SSSR count). The molecule has 2 saturated heterocycles. The molecule has 7 nitrogen and oxygen atoms in total. The molecule has 0 radical (unpaired) electrons. The number of piperazine rings is 1. The first-order chi connectivity index (χ1) is 13.7. The summed E-state index contributed by atoms with van der Waals surface area (Å²) in [6.07, 6.45) is 2.18. The summed E-state index contributed by atoms with van der Waals surface area (Å²) in [4.78, 5) is 26.2. The smallest absolute Gasteiger partial charge is 0.270 e. The number of hydrogen-bond donors (Lipinski definition) is 1. The summed E-state index contributed by atoms with van der Waals surface area (Å²) in [7, 11) is 0. The Morgan fingerprint density at radius 2 is 1.89 bits per heavy atom. The molecule has 1 amide bonds. The quantitative estimate of drug-likeness (QED) is 0.855. The Morgan fingerprint density at radius 3 is 2.61 bits per heavy atom. The van der Waals surface area contributed by atoms with E-state index in [1.165, 1.54) is 5.69 Å². The molecule has 7 heteroatoms. The normalized spacial score (nSPS) is 19.7. The lowest BCUT2D eigenvalue weighted by Crippen LogP contribution is -2.47. The van der Waals surface area contributed by atoms with Crippen molar-refractivity contribution in [1.29, 1.82) is 0 Å². The Labute approximate surface area is 165 Å². The van der Waals surface area contributed by atoms with E-state index in [9.17, 15) is 4.79 Å². The van der Waals surface area contributed by atoms with Crippen LogP contribution in [0.25, 0.3) is 0 Å². The molecule has 1 unspecified atom stereocenters. The second kappa shape index (κ2) is 8.56. The van der Waals surface area contributed by atoms with E-state index in [0.717, 1.165) is 51.3 Å². The number of carbonyl (C=O) groups is 1. The third-order valence-corrected chi connectivity index (χ3v) is 5.27. The Balaban J connectivity index is 1.39. The van der Waals surface area contributed by atoms with Crippen molar-refractivity contribution in [2.45, 2.75) is 25.9 Å². The van der Waals surface area contributed by atoms with E-state index in [1.807, 2.05) is 13.0 Å². The second-order valence-electron chi connectivity index (χ2n) is 7.35. The van der Waals surface area contributed by atoms with E-state index >= 15 is 0 Å². The fraction of sp³-hybridized carbons (Fsp3) is 0.476. The molecule has 1 aromatic heterocycles. The standard InChI is InChI=1S/C21H27N5O2/c1-16-14-19(20(27)22-15-18-8-5-13-28-18)24-21(23-16)26-11-9-25(10-12-26)17-6-3-2-4-7-17/h2-4,6-7,14,18H,5,8-13,15H2,1H3,(H,22,27).